The molecule has 0 aliphatic carbocycles. The predicted octanol–water partition coefficient (Wildman–Crippen LogP) is 5.49. The third-order valence-corrected chi connectivity index (χ3v) is 7.50. The Kier molecular flexibility index (Phi) is 6.50. The van der Waals surface area contributed by atoms with Crippen molar-refractivity contribution in [2.24, 2.45) is 0 Å². The molecule has 5 aromatic rings. The van der Waals surface area contributed by atoms with Crippen LogP contribution in [0.3, 0.4) is 0 Å². The first-order chi connectivity index (χ1) is 18.6. The molecule has 192 valence electrons. The highest BCUT2D eigenvalue weighted by Gasteiger charge is 2.28. The average molecular weight is 505 g/mol. The molecule has 7 nitrogen and oxygen atoms in total. The second-order valence-electron chi connectivity index (χ2n) is 10.0. The van der Waals surface area contributed by atoms with E-state index in [1.807, 2.05) is 53.4 Å². The average Bonchev–Trinajstić information content (AvgIpc) is 3.25. The van der Waals surface area contributed by atoms with Crippen LogP contribution in [0, 0.1) is 6.92 Å². The van der Waals surface area contributed by atoms with Crippen LogP contribution >= 0.6 is 0 Å². The van der Waals surface area contributed by atoms with E-state index in [2.05, 4.69) is 63.7 Å². The quantitative estimate of drug-likeness (QED) is 0.317. The van der Waals surface area contributed by atoms with Gasteiger partial charge in [0.05, 0.1) is 11.4 Å². The van der Waals surface area contributed by atoms with E-state index < -0.39 is 0 Å². The maximum atomic E-state index is 13.6. The molecule has 1 saturated heterocycles. The van der Waals surface area contributed by atoms with Gasteiger partial charge in [0.1, 0.15) is 0 Å². The number of amides is 1. The van der Waals surface area contributed by atoms with Crippen LogP contribution in [0.5, 0.6) is 0 Å². The number of para-hydroxylation sites is 1. The van der Waals surface area contributed by atoms with E-state index in [0.29, 0.717) is 13.1 Å². The standard InChI is InChI=1S/C31H32N6O/c1-3-25(23-12-5-4-6-13-23)30(38)35-17-10-18-36(20-19-35)31-32-27-16-8-7-15-26(27)29-34-33-28(37(29)31)24-14-9-11-22(2)21-24/h4-9,11-16,21,25H,3,10,17-20H2,1-2H3/t25-/m0/s1. The highest BCUT2D eigenvalue weighted by Crippen LogP contribution is 2.30. The Hall–Kier alpha value is -4.26. The Morgan fingerprint density at radius 1 is 0.895 bits per heavy atom. The minimum Gasteiger partial charge on any atom is -0.340 e. The van der Waals surface area contributed by atoms with Gasteiger partial charge < -0.3 is 9.80 Å². The molecule has 0 unspecified atom stereocenters. The zero-order valence-corrected chi connectivity index (χ0v) is 21.9. The number of rotatable bonds is 5. The summed E-state index contributed by atoms with van der Waals surface area (Å²) in [7, 11) is 0. The van der Waals surface area contributed by atoms with Gasteiger partial charge >= 0.3 is 0 Å². The van der Waals surface area contributed by atoms with E-state index >= 15 is 0 Å². The fraction of sp³-hybridized carbons (Fsp3) is 0.290. The number of carbonyl (C=O) groups is 1. The van der Waals surface area contributed by atoms with Crippen molar-refractivity contribution in [3.63, 3.8) is 0 Å². The molecule has 3 heterocycles. The molecule has 0 bridgehead atoms. The van der Waals surface area contributed by atoms with Gasteiger partial charge in [-0.1, -0.05) is 73.2 Å². The van der Waals surface area contributed by atoms with Crippen LogP contribution in [0.15, 0.2) is 78.9 Å². The first-order valence-corrected chi connectivity index (χ1v) is 13.4. The molecule has 0 radical (unpaired) electrons. The summed E-state index contributed by atoms with van der Waals surface area (Å²) in [6, 6.07) is 26.6. The number of aryl methyl sites for hydroxylation is 1. The minimum absolute atomic E-state index is 0.112. The summed E-state index contributed by atoms with van der Waals surface area (Å²) in [4.78, 5) is 23.1. The van der Waals surface area contributed by atoms with Gasteiger partial charge in [-0.3, -0.25) is 4.79 Å². The Bertz CT molecular complexity index is 1590. The van der Waals surface area contributed by atoms with E-state index in [4.69, 9.17) is 4.98 Å². The van der Waals surface area contributed by atoms with E-state index in [0.717, 1.165) is 65.4 Å². The minimum atomic E-state index is -0.112. The van der Waals surface area contributed by atoms with E-state index in [1.54, 1.807) is 0 Å². The molecule has 0 saturated carbocycles. The number of carbonyl (C=O) groups excluding carboxylic acids is 1. The maximum absolute atomic E-state index is 13.6. The van der Waals surface area contributed by atoms with Gasteiger partial charge in [0.15, 0.2) is 11.5 Å². The van der Waals surface area contributed by atoms with Gasteiger partial charge in [-0.25, -0.2) is 9.38 Å². The Morgan fingerprint density at radius 3 is 2.53 bits per heavy atom. The van der Waals surface area contributed by atoms with Crippen LogP contribution in [0.4, 0.5) is 5.95 Å². The summed E-state index contributed by atoms with van der Waals surface area (Å²) in [5, 5.41) is 10.2. The fourth-order valence-corrected chi connectivity index (χ4v) is 5.55. The summed E-state index contributed by atoms with van der Waals surface area (Å²) in [5.74, 6) is 1.70. The number of aromatic nitrogens is 4. The molecule has 1 fully saturated rings. The Labute approximate surface area is 222 Å². The summed E-state index contributed by atoms with van der Waals surface area (Å²) < 4.78 is 2.09. The SMILES string of the molecule is CC[C@H](C(=O)N1CCCN(c2nc3ccccc3c3nnc(-c4cccc(C)c4)n23)CC1)c1ccccc1. The lowest BCUT2D eigenvalue weighted by Crippen LogP contribution is -2.38. The predicted molar refractivity (Wildman–Crippen MR) is 151 cm³/mol. The van der Waals surface area contributed by atoms with E-state index in [-0.39, 0.29) is 11.8 Å². The van der Waals surface area contributed by atoms with Crippen LogP contribution in [0.2, 0.25) is 0 Å². The molecule has 0 spiro atoms. The summed E-state index contributed by atoms with van der Waals surface area (Å²) in [6.45, 7) is 7.07. The molecule has 0 N–H and O–H groups in total. The number of hydrogen-bond donors (Lipinski definition) is 0. The Balaban J connectivity index is 1.37. The van der Waals surface area contributed by atoms with Crippen molar-refractivity contribution in [1.82, 2.24) is 24.5 Å². The number of hydrogen-bond acceptors (Lipinski definition) is 5. The number of benzene rings is 3. The molecule has 38 heavy (non-hydrogen) atoms. The molecule has 1 aliphatic rings. The van der Waals surface area contributed by atoms with Crippen LogP contribution in [-0.2, 0) is 4.79 Å². The normalized spacial score (nSPS) is 15.1. The largest absolute Gasteiger partial charge is 0.340 e. The summed E-state index contributed by atoms with van der Waals surface area (Å²) in [6.07, 6.45) is 1.66. The van der Waals surface area contributed by atoms with Gasteiger partial charge in [0.25, 0.3) is 0 Å². The smallest absolute Gasteiger partial charge is 0.230 e. The van der Waals surface area contributed by atoms with Gasteiger partial charge in [-0.15, -0.1) is 10.2 Å². The van der Waals surface area contributed by atoms with Crippen molar-refractivity contribution in [3.8, 4) is 11.4 Å². The summed E-state index contributed by atoms with van der Waals surface area (Å²) >= 11 is 0. The molecule has 1 aliphatic heterocycles. The van der Waals surface area contributed by atoms with Crippen LogP contribution in [0.1, 0.15) is 36.8 Å². The van der Waals surface area contributed by atoms with Gasteiger partial charge in [-0.05, 0) is 43.5 Å². The topological polar surface area (TPSA) is 66.6 Å². The summed E-state index contributed by atoms with van der Waals surface area (Å²) in [5.41, 5.74) is 4.96. The third-order valence-electron chi connectivity index (χ3n) is 7.50. The van der Waals surface area contributed by atoms with Crippen molar-refractivity contribution >= 4 is 28.4 Å². The van der Waals surface area contributed by atoms with Gasteiger partial charge in [0, 0.05) is 37.1 Å². The highest BCUT2D eigenvalue weighted by atomic mass is 16.2. The molecule has 6 rings (SSSR count). The van der Waals surface area contributed by atoms with E-state index in [1.165, 1.54) is 5.56 Å². The zero-order valence-electron chi connectivity index (χ0n) is 21.9. The monoisotopic (exact) mass is 504 g/mol. The molecule has 1 amide bonds. The number of nitrogens with zero attached hydrogens (tertiary/aromatic N) is 6. The van der Waals surface area contributed by atoms with Crippen molar-refractivity contribution in [1.29, 1.82) is 0 Å². The lowest BCUT2D eigenvalue weighted by Gasteiger charge is -2.27. The van der Waals surface area contributed by atoms with Crippen molar-refractivity contribution in [3.05, 3.63) is 90.0 Å². The highest BCUT2D eigenvalue weighted by molar-refractivity contribution is 5.93. The van der Waals surface area contributed by atoms with Crippen LogP contribution in [-0.4, -0.2) is 56.6 Å². The first-order valence-electron chi connectivity index (χ1n) is 13.4. The molecule has 3 aromatic carbocycles. The zero-order chi connectivity index (χ0) is 26.1. The fourth-order valence-electron chi connectivity index (χ4n) is 5.55. The van der Waals surface area contributed by atoms with Crippen LogP contribution in [0.25, 0.3) is 27.9 Å². The second-order valence-corrected chi connectivity index (χ2v) is 10.0. The lowest BCUT2D eigenvalue weighted by atomic mass is 9.95. The molecular weight excluding hydrogens is 472 g/mol. The van der Waals surface area contributed by atoms with Gasteiger partial charge in [-0.2, -0.15) is 0 Å². The molecular formula is C31H32N6O. The van der Waals surface area contributed by atoms with Crippen LogP contribution < -0.4 is 4.90 Å². The first kappa shape index (κ1) is 24.1. The molecule has 2 aromatic heterocycles. The number of anilines is 1. The van der Waals surface area contributed by atoms with E-state index in [9.17, 15) is 4.79 Å². The third kappa shape index (κ3) is 4.38. The maximum Gasteiger partial charge on any atom is 0.230 e. The lowest BCUT2D eigenvalue weighted by molar-refractivity contribution is -0.132. The second kappa shape index (κ2) is 10.2. The molecule has 7 heteroatoms. The molecule has 1 atom stereocenters. The van der Waals surface area contributed by atoms with Crippen molar-refractivity contribution < 1.29 is 4.79 Å². The Morgan fingerprint density at radius 2 is 1.71 bits per heavy atom. The number of fused-ring (bicyclic) bond motifs is 3. The van der Waals surface area contributed by atoms with Crippen molar-refractivity contribution in [2.75, 3.05) is 31.1 Å². The van der Waals surface area contributed by atoms with Crippen molar-refractivity contribution in [2.45, 2.75) is 32.6 Å². The van der Waals surface area contributed by atoms with Gasteiger partial charge in [0.2, 0.25) is 11.9 Å².